The molecular weight excluding hydrogens is 265 g/mol. The number of amides is 1. The van der Waals surface area contributed by atoms with Crippen LogP contribution in [0.25, 0.3) is 0 Å². The number of hydrogen-bond donors (Lipinski definition) is 3. The van der Waals surface area contributed by atoms with Crippen molar-refractivity contribution in [3.05, 3.63) is 35.6 Å². The lowest BCUT2D eigenvalue weighted by molar-refractivity contribution is -0.119. The predicted molar refractivity (Wildman–Crippen MR) is 77.1 cm³/mol. The number of halogens is 1. The molecule has 0 saturated carbocycles. The first-order valence-corrected chi connectivity index (χ1v) is 6.55. The van der Waals surface area contributed by atoms with Gasteiger partial charge in [0.2, 0.25) is 5.91 Å². The van der Waals surface area contributed by atoms with E-state index in [1.807, 2.05) is 6.92 Å². The van der Waals surface area contributed by atoms with Crippen LogP contribution >= 0.6 is 12.2 Å². The summed E-state index contributed by atoms with van der Waals surface area (Å²) >= 11 is 5.03. The summed E-state index contributed by atoms with van der Waals surface area (Å²) in [6, 6.07) is 6.15. The van der Waals surface area contributed by atoms with Gasteiger partial charge >= 0.3 is 0 Å². The Hall–Kier alpha value is -1.69. The fourth-order valence-corrected chi connectivity index (χ4v) is 1.48. The fraction of sp³-hybridized carbons (Fsp3) is 0.385. The van der Waals surface area contributed by atoms with E-state index >= 15 is 0 Å². The highest BCUT2D eigenvalue weighted by atomic mass is 32.1. The molecule has 0 aliphatic rings. The molecule has 0 heterocycles. The summed E-state index contributed by atoms with van der Waals surface area (Å²) in [6.07, 6.45) is 0.902. The second-order valence-electron chi connectivity index (χ2n) is 4.01. The summed E-state index contributed by atoms with van der Waals surface area (Å²) in [7, 11) is 0. The van der Waals surface area contributed by atoms with Gasteiger partial charge in [-0.3, -0.25) is 4.79 Å². The maximum Gasteiger partial charge on any atom is 0.239 e. The van der Waals surface area contributed by atoms with Crippen molar-refractivity contribution in [2.45, 2.75) is 19.9 Å². The van der Waals surface area contributed by atoms with Crippen molar-refractivity contribution >= 4 is 23.2 Å². The van der Waals surface area contributed by atoms with E-state index in [4.69, 9.17) is 12.2 Å². The van der Waals surface area contributed by atoms with Crippen LogP contribution in [-0.2, 0) is 11.3 Å². The van der Waals surface area contributed by atoms with Crippen LogP contribution < -0.4 is 16.0 Å². The lowest BCUT2D eigenvalue weighted by Gasteiger charge is -2.10. The summed E-state index contributed by atoms with van der Waals surface area (Å²) < 4.78 is 12.7. The van der Waals surface area contributed by atoms with Gasteiger partial charge in [-0.05, 0) is 36.3 Å². The molecule has 1 rings (SSSR count). The Kier molecular flexibility index (Phi) is 6.81. The second-order valence-corrected chi connectivity index (χ2v) is 4.42. The average Bonchev–Trinajstić information content (AvgIpc) is 2.42. The largest absolute Gasteiger partial charge is 0.359 e. The van der Waals surface area contributed by atoms with Crippen molar-refractivity contribution in [1.29, 1.82) is 0 Å². The van der Waals surface area contributed by atoms with Gasteiger partial charge in [-0.25, -0.2) is 4.39 Å². The highest BCUT2D eigenvalue weighted by Gasteiger charge is 2.01. The molecule has 0 fully saturated rings. The van der Waals surface area contributed by atoms with Crippen LogP contribution in [0, 0.1) is 5.82 Å². The van der Waals surface area contributed by atoms with E-state index in [2.05, 4.69) is 16.0 Å². The van der Waals surface area contributed by atoms with Crippen LogP contribution in [0.2, 0.25) is 0 Å². The van der Waals surface area contributed by atoms with E-state index in [0.717, 1.165) is 12.0 Å². The lowest BCUT2D eigenvalue weighted by Crippen LogP contribution is -2.41. The van der Waals surface area contributed by atoms with Gasteiger partial charge in [-0.1, -0.05) is 19.1 Å². The number of nitrogens with one attached hydrogen (secondary N) is 3. The minimum absolute atomic E-state index is 0.0900. The predicted octanol–water partition coefficient (Wildman–Crippen LogP) is 1.32. The van der Waals surface area contributed by atoms with Gasteiger partial charge in [0.25, 0.3) is 0 Å². The minimum Gasteiger partial charge on any atom is -0.359 e. The third kappa shape index (κ3) is 6.71. The van der Waals surface area contributed by atoms with Crippen LogP contribution in [0.1, 0.15) is 18.9 Å². The third-order valence-corrected chi connectivity index (χ3v) is 2.64. The second kappa shape index (κ2) is 8.42. The number of hydrogen-bond acceptors (Lipinski definition) is 2. The highest BCUT2D eigenvalue weighted by Crippen LogP contribution is 2.01. The average molecular weight is 283 g/mol. The Morgan fingerprint density at radius 3 is 2.53 bits per heavy atom. The van der Waals surface area contributed by atoms with E-state index in [0.29, 0.717) is 18.2 Å². The molecule has 0 aliphatic heterocycles. The van der Waals surface area contributed by atoms with Gasteiger partial charge in [0.15, 0.2) is 5.11 Å². The molecule has 3 N–H and O–H groups in total. The first kappa shape index (κ1) is 15.4. The molecule has 0 spiro atoms. The molecule has 1 aromatic rings. The van der Waals surface area contributed by atoms with Gasteiger partial charge in [-0.15, -0.1) is 0 Å². The number of rotatable bonds is 6. The topological polar surface area (TPSA) is 53.2 Å². The number of carbonyl (C=O) groups is 1. The maximum absolute atomic E-state index is 12.7. The number of thiocarbonyl (C=S) groups is 1. The van der Waals surface area contributed by atoms with Crippen LogP contribution in [0.4, 0.5) is 4.39 Å². The van der Waals surface area contributed by atoms with Crippen LogP contribution in [-0.4, -0.2) is 24.1 Å². The monoisotopic (exact) mass is 283 g/mol. The van der Waals surface area contributed by atoms with Crippen molar-refractivity contribution in [3.63, 3.8) is 0 Å². The molecule has 0 saturated heterocycles. The van der Waals surface area contributed by atoms with Gasteiger partial charge in [0.1, 0.15) is 5.82 Å². The first-order valence-electron chi connectivity index (χ1n) is 6.14. The molecule has 0 aliphatic carbocycles. The van der Waals surface area contributed by atoms with E-state index in [9.17, 15) is 9.18 Å². The van der Waals surface area contributed by atoms with Crippen molar-refractivity contribution in [3.8, 4) is 0 Å². The number of carbonyl (C=O) groups excluding carboxylic acids is 1. The van der Waals surface area contributed by atoms with E-state index in [-0.39, 0.29) is 18.3 Å². The highest BCUT2D eigenvalue weighted by molar-refractivity contribution is 7.80. The minimum atomic E-state index is -0.267. The quantitative estimate of drug-likeness (QED) is 0.689. The smallest absolute Gasteiger partial charge is 0.239 e. The fourth-order valence-electron chi connectivity index (χ4n) is 1.33. The SMILES string of the molecule is CCCNC(=O)CNC(=S)NCc1ccc(F)cc1. The van der Waals surface area contributed by atoms with Crippen molar-refractivity contribution < 1.29 is 9.18 Å². The molecule has 0 unspecified atom stereocenters. The standard InChI is InChI=1S/C13H18FN3OS/c1-2-7-15-12(18)9-17-13(19)16-8-10-3-5-11(14)6-4-10/h3-6H,2,7-9H2,1H3,(H,15,18)(H2,16,17,19). The molecule has 0 bridgehead atoms. The van der Waals surface area contributed by atoms with Crippen molar-refractivity contribution in [2.24, 2.45) is 0 Å². The molecule has 6 heteroatoms. The maximum atomic E-state index is 12.7. The van der Waals surface area contributed by atoms with Crippen LogP contribution in [0.3, 0.4) is 0 Å². The normalized spacial score (nSPS) is 9.79. The van der Waals surface area contributed by atoms with Gasteiger partial charge in [0, 0.05) is 13.1 Å². The Bertz CT molecular complexity index is 422. The summed E-state index contributed by atoms with van der Waals surface area (Å²) in [4.78, 5) is 11.3. The summed E-state index contributed by atoms with van der Waals surface area (Å²) in [5.74, 6) is -0.357. The Labute approximate surface area is 117 Å². The van der Waals surface area contributed by atoms with Crippen molar-refractivity contribution in [2.75, 3.05) is 13.1 Å². The Morgan fingerprint density at radius 1 is 1.21 bits per heavy atom. The molecule has 1 amide bonds. The molecule has 0 radical (unpaired) electrons. The summed E-state index contributed by atoms with van der Waals surface area (Å²) in [6.45, 7) is 3.29. The van der Waals surface area contributed by atoms with Gasteiger partial charge in [0.05, 0.1) is 6.54 Å². The number of benzene rings is 1. The lowest BCUT2D eigenvalue weighted by atomic mass is 10.2. The first-order chi connectivity index (χ1) is 9.11. The summed E-state index contributed by atoms with van der Waals surface area (Å²) in [5, 5.41) is 8.89. The third-order valence-electron chi connectivity index (χ3n) is 2.35. The zero-order valence-electron chi connectivity index (χ0n) is 10.8. The van der Waals surface area contributed by atoms with Gasteiger partial charge in [-0.2, -0.15) is 0 Å². The van der Waals surface area contributed by atoms with E-state index in [1.54, 1.807) is 12.1 Å². The van der Waals surface area contributed by atoms with Gasteiger partial charge < -0.3 is 16.0 Å². The van der Waals surface area contributed by atoms with Crippen LogP contribution in [0.5, 0.6) is 0 Å². The van der Waals surface area contributed by atoms with Crippen LogP contribution in [0.15, 0.2) is 24.3 Å². The Morgan fingerprint density at radius 2 is 1.89 bits per heavy atom. The van der Waals surface area contributed by atoms with E-state index in [1.165, 1.54) is 12.1 Å². The molecule has 19 heavy (non-hydrogen) atoms. The summed E-state index contributed by atoms with van der Waals surface area (Å²) in [5.41, 5.74) is 0.918. The zero-order valence-corrected chi connectivity index (χ0v) is 11.6. The molecule has 1 aromatic carbocycles. The molecule has 4 nitrogen and oxygen atoms in total. The Balaban J connectivity index is 2.21. The van der Waals surface area contributed by atoms with Crippen molar-refractivity contribution in [1.82, 2.24) is 16.0 Å². The molecule has 104 valence electrons. The molecular formula is C13H18FN3OS. The molecule has 0 atom stereocenters. The zero-order chi connectivity index (χ0) is 14.1. The van der Waals surface area contributed by atoms with E-state index < -0.39 is 0 Å². The molecule has 0 aromatic heterocycles.